The van der Waals surface area contributed by atoms with Gasteiger partial charge in [0.25, 0.3) is 0 Å². The molecule has 0 bridgehead atoms. The van der Waals surface area contributed by atoms with E-state index in [9.17, 15) is 0 Å². The molecule has 0 N–H and O–H groups in total. The van der Waals surface area contributed by atoms with E-state index in [1.807, 2.05) is 11.8 Å². The molecule has 0 amide bonds. The second-order valence-corrected chi connectivity index (χ2v) is 6.68. The second kappa shape index (κ2) is 7.33. The molecule has 0 aromatic heterocycles. The van der Waals surface area contributed by atoms with Crippen molar-refractivity contribution >= 4 is 11.8 Å². The van der Waals surface area contributed by atoms with Crippen LogP contribution in [0.25, 0.3) is 0 Å². The number of hydrogen-bond donors (Lipinski definition) is 0. The SMILES string of the molecule is C[C@@H](c1ccccc1)[C@H](Sc1ccccc1)c1ccccc1. The van der Waals surface area contributed by atoms with E-state index >= 15 is 0 Å². The molecule has 2 atom stereocenters. The van der Waals surface area contributed by atoms with Gasteiger partial charge in [0.15, 0.2) is 0 Å². The molecule has 0 radical (unpaired) electrons. The standard InChI is InChI=1S/C21H20S/c1-17(18-11-5-2-6-12-18)21(19-13-7-3-8-14-19)22-20-15-9-4-10-16-20/h2-17,21H,1H3/t17-,21-/m0/s1. The van der Waals surface area contributed by atoms with Crippen molar-refractivity contribution in [3.8, 4) is 0 Å². The maximum atomic E-state index is 2.32. The summed E-state index contributed by atoms with van der Waals surface area (Å²) in [4.78, 5) is 1.32. The summed E-state index contributed by atoms with van der Waals surface area (Å²) in [6, 6.07) is 32.3. The van der Waals surface area contributed by atoms with E-state index < -0.39 is 0 Å². The lowest BCUT2D eigenvalue weighted by atomic mass is 9.93. The molecular weight excluding hydrogens is 284 g/mol. The Morgan fingerprint density at radius 3 is 1.59 bits per heavy atom. The van der Waals surface area contributed by atoms with Crippen LogP contribution in [0.5, 0.6) is 0 Å². The Hall–Kier alpha value is -1.99. The fraction of sp³-hybridized carbons (Fsp3) is 0.143. The van der Waals surface area contributed by atoms with Gasteiger partial charge in [0.1, 0.15) is 0 Å². The third-order valence-electron chi connectivity index (χ3n) is 3.91. The van der Waals surface area contributed by atoms with E-state index in [2.05, 4.69) is 97.9 Å². The molecule has 3 aromatic rings. The highest BCUT2D eigenvalue weighted by molar-refractivity contribution is 7.99. The number of rotatable bonds is 5. The molecule has 0 unspecified atom stereocenters. The molecule has 0 aliphatic carbocycles. The summed E-state index contributed by atoms with van der Waals surface area (Å²) in [6.07, 6.45) is 0. The number of benzene rings is 3. The van der Waals surface area contributed by atoms with Crippen LogP contribution in [-0.2, 0) is 0 Å². The van der Waals surface area contributed by atoms with Crippen molar-refractivity contribution in [3.63, 3.8) is 0 Å². The van der Waals surface area contributed by atoms with Gasteiger partial charge >= 0.3 is 0 Å². The van der Waals surface area contributed by atoms with Crippen LogP contribution in [0.4, 0.5) is 0 Å². The molecule has 0 spiro atoms. The van der Waals surface area contributed by atoms with Crippen molar-refractivity contribution < 1.29 is 0 Å². The van der Waals surface area contributed by atoms with Crippen molar-refractivity contribution in [2.24, 2.45) is 0 Å². The monoisotopic (exact) mass is 304 g/mol. The van der Waals surface area contributed by atoms with Crippen LogP contribution in [0, 0.1) is 0 Å². The summed E-state index contributed by atoms with van der Waals surface area (Å²) < 4.78 is 0. The third kappa shape index (κ3) is 3.61. The minimum atomic E-state index is 0.408. The summed E-state index contributed by atoms with van der Waals surface area (Å²) in [5.74, 6) is 0.453. The lowest BCUT2D eigenvalue weighted by molar-refractivity contribution is 0.741. The van der Waals surface area contributed by atoms with E-state index in [-0.39, 0.29) is 0 Å². The Morgan fingerprint density at radius 2 is 1.05 bits per heavy atom. The van der Waals surface area contributed by atoms with Crippen molar-refractivity contribution in [3.05, 3.63) is 102 Å². The van der Waals surface area contributed by atoms with Gasteiger partial charge in [-0.3, -0.25) is 0 Å². The zero-order valence-corrected chi connectivity index (χ0v) is 13.5. The molecule has 1 heteroatoms. The highest BCUT2D eigenvalue weighted by Crippen LogP contribution is 2.44. The summed E-state index contributed by atoms with van der Waals surface area (Å²) in [6.45, 7) is 2.32. The van der Waals surface area contributed by atoms with Crippen molar-refractivity contribution in [2.75, 3.05) is 0 Å². The maximum absolute atomic E-state index is 2.32. The minimum Gasteiger partial charge on any atom is -0.117 e. The van der Waals surface area contributed by atoms with Gasteiger partial charge in [-0.1, -0.05) is 85.8 Å². The van der Waals surface area contributed by atoms with Crippen LogP contribution in [0.3, 0.4) is 0 Å². The molecule has 0 aliphatic heterocycles. The smallest absolute Gasteiger partial charge is 0.0410 e. The van der Waals surface area contributed by atoms with Gasteiger partial charge in [0, 0.05) is 10.1 Å². The van der Waals surface area contributed by atoms with Crippen LogP contribution in [-0.4, -0.2) is 0 Å². The Morgan fingerprint density at radius 1 is 0.591 bits per heavy atom. The highest BCUT2D eigenvalue weighted by atomic mass is 32.2. The molecule has 0 aliphatic rings. The van der Waals surface area contributed by atoms with Crippen LogP contribution >= 0.6 is 11.8 Å². The zero-order chi connectivity index (χ0) is 15.2. The Kier molecular flexibility index (Phi) is 4.97. The van der Waals surface area contributed by atoms with Gasteiger partial charge in [0.2, 0.25) is 0 Å². The lowest BCUT2D eigenvalue weighted by Gasteiger charge is -2.24. The average Bonchev–Trinajstić information content (AvgIpc) is 2.61. The van der Waals surface area contributed by atoms with Crippen LogP contribution < -0.4 is 0 Å². The van der Waals surface area contributed by atoms with Crippen LogP contribution in [0.15, 0.2) is 95.9 Å². The van der Waals surface area contributed by atoms with E-state index in [0.29, 0.717) is 11.2 Å². The first-order valence-electron chi connectivity index (χ1n) is 7.66. The quantitative estimate of drug-likeness (QED) is 0.497. The average molecular weight is 304 g/mol. The van der Waals surface area contributed by atoms with Crippen LogP contribution in [0.2, 0.25) is 0 Å². The molecule has 110 valence electrons. The Balaban J connectivity index is 1.93. The predicted octanol–water partition coefficient (Wildman–Crippen LogP) is 6.32. The van der Waals surface area contributed by atoms with Gasteiger partial charge in [-0.2, -0.15) is 0 Å². The molecule has 0 fully saturated rings. The van der Waals surface area contributed by atoms with Crippen molar-refractivity contribution in [1.82, 2.24) is 0 Å². The topological polar surface area (TPSA) is 0 Å². The first-order valence-corrected chi connectivity index (χ1v) is 8.54. The molecule has 3 aromatic carbocycles. The maximum Gasteiger partial charge on any atom is 0.0410 e. The second-order valence-electron chi connectivity index (χ2n) is 5.46. The Bertz CT molecular complexity index is 677. The van der Waals surface area contributed by atoms with Crippen molar-refractivity contribution in [2.45, 2.75) is 23.0 Å². The summed E-state index contributed by atoms with van der Waals surface area (Å²) in [5, 5.41) is 0.408. The molecule has 3 rings (SSSR count). The number of thioether (sulfide) groups is 1. The van der Waals surface area contributed by atoms with Gasteiger partial charge in [-0.15, -0.1) is 11.8 Å². The first kappa shape index (κ1) is 14.9. The largest absolute Gasteiger partial charge is 0.117 e. The first-order chi connectivity index (χ1) is 10.8. The van der Waals surface area contributed by atoms with Crippen LogP contribution in [0.1, 0.15) is 29.2 Å². The van der Waals surface area contributed by atoms with Gasteiger partial charge in [-0.05, 0) is 29.2 Å². The fourth-order valence-corrected chi connectivity index (χ4v) is 3.94. The summed E-state index contributed by atoms with van der Waals surface area (Å²) in [5.41, 5.74) is 2.77. The lowest BCUT2D eigenvalue weighted by Crippen LogP contribution is -2.05. The van der Waals surface area contributed by atoms with E-state index in [1.165, 1.54) is 16.0 Å². The molecule has 22 heavy (non-hydrogen) atoms. The minimum absolute atomic E-state index is 0.408. The molecule has 0 saturated heterocycles. The predicted molar refractivity (Wildman–Crippen MR) is 96.3 cm³/mol. The zero-order valence-electron chi connectivity index (χ0n) is 12.7. The number of hydrogen-bond acceptors (Lipinski definition) is 1. The normalized spacial score (nSPS) is 13.5. The summed E-state index contributed by atoms with van der Waals surface area (Å²) >= 11 is 1.94. The third-order valence-corrected chi connectivity index (χ3v) is 5.39. The molecule has 0 saturated carbocycles. The molecular formula is C21H20S. The molecule has 0 heterocycles. The van der Waals surface area contributed by atoms with Gasteiger partial charge in [0.05, 0.1) is 0 Å². The van der Waals surface area contributed by atoms with E-state index in [0.717, 1.165) is 0 Å². The fourth-order valence-electron chi connectivity index (χ4n) is 2.68. The summed E-state index contributed by atoms with van der Waals surface area (Å²) in [7, 11) is 0. The van der Waals surface area contributed by atoms with E-state index in [1.54, 1.807) is 0 Å². The van der Waals surface area contributed by atoms with Crippen molar-refractivity contribution in [1.29, 1.82) is 0 Å². The van der Waals surface area contributed by atoms with Gasteiger partial charge in [-0.25, -0.2) is 0 Å². The Labute approximate surface area is 137 Å². The van der Waals surface area contributed by atoms with Gasteiger partial charge < -0.3 is 0 Å². The highest BCUT2D eigenvalue weighted by Gasteiger charge is 2.21. The van der Waals surface area contributed by atoms with E-state index in [4.69, 9.17) is 0 Å². The molecule has 0 nitrogen and oxygen atoms in total.